The first-order chi connectivity index (χ1) is 9.99. The van der Waals surface area contributed by atoms with E-state index >= 15 is 0 Å². The summed E-state index contributed by atoms with van der Waals surface area (Å²) in [4.78, 5) is 0. The Bertz CT molecular complexity index is 454. The van der Waals surface area contributed by atoms with E-state index in [0.717, 1.165) is 31.4 Å². The molecule has 0 radical (unpaired) electrons. The Morgan fingerprint density at radius 1 is 1.19 bits per heavy atom. The second-order valence-electron chi connectivity index (χ2n) is 5.90. The third-order valence-electron chi connectivity index (χ3n) is 4.12. The van der Waals surface area contributed by atoms with Gasteiger partial charge in [0.15, 0.2) is 0 Å². The third kappa shape index (κ3) is 5.03. The lowest BCUT2D eigenvalue weighted by Crippen LogP contribution is -2.23. The Kier molecular flexibility index (Phi) is 5.68. The lowest BCUT2D eigenvalue weighted by molar-refractivity contribution is -0.135. The van der Waals surface area contributed by atoms with Crippen LogP contribution in [0.25, 0.3) is 0 Å². The molecule has 0 aromatic heterocycles. The molecule has 21 heavy (non-hydrogen) atoms. The summed E-state index contributed by atoms with van der Waals surface area (Å²) in [6.45, 7) is 2.91. The van der Waals surface area contributed by atoms with Crippen molar-refractivity contribution in [1.29, 1.82) is 0 Å². The van der Waals surface area contributed by atoms with Crippen LogP contribution in [-0.2, 0) is 12.8 Å². The molecule has 1 aliphatic carbocycles. The summed E-state index contributed by atoms with van der Waals surface area (Å²) in [5.74, 6) is 0. The van der Waals surface area contributed by atoms with Crippen LogP contribution in [-0.4, -0.2) is 12.7 Å². The van der Waals surface area contributed by atoms with Crippen molar-refractivity contribution in [3.05, 3.63) is 34.9 Å². The van der Waals surface area contributed by atoms with Gasteiger partial charge in [-0.15, -0.1) is 0 Å². The van der Waals surface area contributed by atoms with Crippen molar-refractivity contribution in [3.8, 4) is 0 Å². The van der Waals surface area contributed by atoms with E-state index < -0.39 is 12.6 Å². The highest BCUT2D eigenvalue weighted by atomic mass is 19.4. The minimum atomic E-state index is -4.05. The molecule has 0 saturated heterocycles. The zero-order valence-electron chi connectivity index (χ0n) is 12.6. The lowest BCUT2D eigenvalue weighted by atomic mass is 9.97. The van der Waals surface area contributed by atoms with Gasteiger partial charge >= 0.3 is 6.18 Å². The summed E-state index contributed by atoms with van der Waals surface area (Å²) in [5, 5.41) is 3.40. The van der Waals surface area contributed by atoms with Crippen molar-refractivity contribution in [3.63, 3.8) is 0 Å². The molecule has 1 aromatic rings. The molecule has 0 saturated carbocycles. The van der Waals surface area contributed by atoms with Gasteiger partial charge in [-0.3, -0.25) is 0 Å². The highest BCUT2D eigenvalue weighted by molar-refractivity contribution is 5.36. The number of alkyl halides is 3. The van der Waals surface area contributed by atoms with E-state index in [1.807, 2.05) is 0 Å². The number of benzene rings is 1. The molecule has 0 aliphatic heterocycles. The van der Waals surface area contributed by atoms with Crippen molar-refractivity contribution < 1.29 is 13.2 Å². The zero-order valence-corrected chi connectivity index (χ0v) is 12.6. The molecule has 2 rings (SSSR count). The molecular formula is C17H24F3N. The molecule has 1 unspecified atom stereocenters. The molecule has 0 spiro atoms. The number of hydrogen-bond donors (Lipinski definition) is 1. The largest absolute Gasteiger partial charge is 0.389 e. The fraction of sp³-hybridized carbons (Fsp3) is 0.647. The van der Waals surface area contributed by atoms with Crippen LogP contribution in [0.5, 0.6) is 0 Å². The molecule has 1 nitrogen and oxygen atoms in total. The lowest BCUT2D eigenvalue weighted by Gasteiger charge is -2.20. The summed E-state index contributed by atoms with van der Waals surface area (Å²) in [6.07, 6.45) is 0.402. The predicted molar refractivity (Wildman–Crippen MR) is 79.4 cm³/mol. The molecule has 1 N–H and O–H groups in total. The maximum Gasteiger partial charge on any atom is 0.389 e. The maximum atomic E-state index is 12.3. The fourth-order valence-corrected chi connectivity index (χ4v) is 3.02. The number of aryl methyl sites for hydroxylation is 2. The normalized spacial score (nSPS) is 16.0. The summed E-state index contributed by atoms with van der Waals surface area (Å²) < 4.78 is 37.0. The summed E-state index contributed by atoms with van der Waals surface area (Å²) in [6, 6.07) is 6.48. The molecule has 0 amide bonds. The minimum absolute atomic E-state index is 0.0400. The molecule has 4 heteroatoms. The molecule has 118 valence electrons. The Hall–Kier alpha value is -1.03. The highest BCUT2D eigenvalue weighted by Crippen LogP contribution is 2.29. The third-order valence-corrected chi connectivity index (χ3v) is 4.12. The standard InChI is InChI=1S/C17H24F3N/c1-2-11-21-16(7-4-10-17(18,19)20)15-9-8-13-5-3-6-14(13)12-15/h8-9,12,16,21H,2-7,10-11H2,1H3. The van der Waals surface area contributed by atoms with Crippen molar-refractivity contribution in [2.75, 3.05) is 6.54 Å². The van der Waals surface area contributed by atoms with Gasteiger partial charge in [-0.1, -0.05) is 25.1 Å². The first-order valence-corrected chi connectivity index (χ1v) is 7.91. The van der Waals surface area contributed by atoms with Gasteiger partial charge in [0.1, 0.15) is 0 Å². The van der Waals surface area contributed by atoms with E-state index in [-0.39, 0.29) is 12.5 Å². The Morgan fingerprint density at radius 2 is 1.95 bits per heavy atom. The van der Waals surface area contributed by atoms with E-state index in [0.29, 0.717) is 6.42 Å². The minimum Gasteiger partial charge on any atom is -0.310 e. The van der Waals surface area contributed by atoms with E-state index in [4.69, 9.17) is 0 Å². The van der Waals surface area contributed by atoms with E-state index in [2.05, 4.69) is 30.4 Å². The number of nitrogens with one attached hydrogen (secondary N) is 1. The SMILES string of the molecule is CCCNC(CCCC(F)(F)F)c1ccc2c(c1)CCC2. The predicted octanol–water partition coefficient (Wildman–Crippen LogP) is 4.95. The average molecular weight is 299 g/mol. The molecule has 0 fully saturated rings. The van der Waals surface area contributed by atoms with Gasteiger partial charge in [-0.25, -0.2) is 0 Å². The monoisotopic (exact) mass is 299 g/mol. The van der Waals surface area contributed by atoms with Gasteiger partial charge in [0.2, 0.25) is 0 Å². The highest BCUT2D eigenvalue weighted by Gasteiger charge is 2.27. The Morgan fingerprint density at radius 3 is 2.67 bits per heavy atom. The summed E-state index contributed by atoms with van der Waals surface area (Å²) in [7, 11) is 0. The van der Waals surface area contributed by atoms with Gasteiger partial charge < -0.3 is 5.32 Å². The van der Waals surface area contributed by atoms with Crippen molar-refractivity contribution in [1.82, 2.24) is 5.32 Å². The van der Waals surface area contributed by atoms with Gasteiger partial charge in [-0.2, -0.15) is 13.2 Å². The van der Waals surface area contributed by atoms with Crippen LogP contribution in [0.4, 0.5) is 13.2 Å². The Balaban J connectivity index is 2.01. The smallest absolute Gasteiger partial charge is 0.310 e. The topological polar surface area (TPSA) is 12.0 Å². The molecular weight excluding hydrogens is 275 g/mol. The maximum absolute atomic E-state index is 12.3. The van der Waals surface area contributed by atoms with Crippen molar-refractivity contribution in [2.45, 2.75) is 64.1 Å². The zero-order chi connectivity index (χ0) is 15.3. The van der Waals surface area contributed by atoms with Crippen LogP contribution < -0.4 is 5.32 Å². The average Bonchev–Trinajstić information content (AvgIpc) is 2.88. The van der Waals surface area contributed by atoms with Crippen LogP contribution >= 0.6 is 0 Å². The first-order valence-electron chi connectivity index (χ1n) is 7.91. The van der Waals surface area contributed by atoms with Gasteiger partial charge in [0.25, 0.3) is 0 Å². The fourth-order valence-electron chi connectivity index (χ4n) is 3.02. The quantitative estimate of drug-likeness (QED) is 0.751. The van der Waals surface area contributed by atoms with E-state index in [9.17, 15) is 13.2 Å². The van der Waals surface area contributed by atoms with Gasteiger partial charge in [0.05, 0.1) is 0 Å². The molecule has 0 heterocycles. The number of halogens is 3. The summed E-state index contributed by atoms with van der Waals surface area (Å²) >= 11 is 0. The number of rotatable bonds is 7. The van der Waals surface area contributed by atoms with Crippen molar-refractivity contribution >= 4 is 0 Å². The number of hydrogen-bond acceptors (Lipinski definition) is 1. The molecule has 1 aromatic carbocycles. The van der Waals surface area contributed by atoms with E-state index in [1.54, 1.807) is 0 Å². The second-order valence-corrected chi connectivity index (χ2v) is 5.90. The summed E-state index contributed by atoms with van der Waals surface area (Å²) in [5.41, 5.74) is 3.93. The van der Waals surface area contributed by atoms with Crippen molar-refractivity contribution in [2.24, 2.45) is 0 Å². The first kappa shape index (κ1) is 16.3. The Labute approximate surface area is 124 Å². The van der Waals surface area contributed by atoms with Crippen LogP contribution in [0.3, 0.4) is 0 Å². The van der Waals surface area contributed by atoms with Crippen LogP contribution in [0.1, 0.15) is 61.8 Å². The van der Waals surface area contributed by atoms with Gasteiger partial charge in [0, 0.05) is 12.5 Å². The van der Waals surface area contributed by atoms with E-state index in [1.165, 1.54) is 17.5 Å². The van der Waals surface area contributed by atoms with Crippen LogP contribution in [0.2, 0.25) is 0 Å². The number of fused-ring (bicyclic) bond motifs is 1. The van der Waals surface area contributed by atoms with Crippen LogP contribution in [0, 0.1) is 0 Å². The van der Waals surface area contributed by atoms with Gasteiger partial charge in [-0.05, 0) is 61.8 Å². The van der Waals surface area contributed by atoms with Crippen LogP contribution in [0.15, 0.2) is 18.2 Å². The molecule has 0 bridgehead atoms. The molecule has 1 aliphatic rings. The second kappa shape index (κ2) is 7.30. The molecule has 1 atom stereocenters.